The molecule has 2 rings (SSSR count). The first kappa shape index (κ1) is 20.0. The molecule has 0 aliphatic carbocycles. The summed E-state index contributed by atoms with van der Waals surface area (Å²) in [7, 11) is -3.58. The summed E-state index contributed by atoms with van der Waals surface area (Å²) in [4.78, 5) is 14.5. The highest BCUT2D eigenvalue weighted by Crippen LogP contribution is 2.25. The molecule has 0 aromatic heterocycles. The molecule has 0 saturated heterocycles. The fraction of sp³-hybridized carbons (Fsp3) is 0.350. The van der Waals surface area contributed by atoms with E-state index in [9.17, 15) is 13.2 Å². The first-order valence-electron chi connectivity index (χ1n) is 8.59. The van der Waals surface area contributed by atoms with Crippen molar-refractivity contribution in [2.45, 2.75) is 27.3 Å². The zero-order chi connectivity index (χ0) is 19.3. The van der Waals surface area contributed by atoms with E-state index in [4.69, 9.17) is 0 Å². The summed E-state index contributed by atoms with van der Waals surface area (Å²) in [6, 6.07) is 15.2. The number of aryl methyl sites for hydroxylation is 1. The topological polar surface area (TPSA) is 57.7 Å². The summed E-state index contributed by atoms with van der Waals surface area (Å²) in [5.41, 5.74) is 3.41. The van der Waals surface area contributed by atoms with E-state index in [2.05, 4.69) is 0 Å². The number of rotatable bonds is 7. The molecule has 0 radical (unpaired) electrons. The summed E-state index contributed by atoms with van der Waals surface area (Å²) in [6.07, 6.45) is 1.13. The lowest BCUT2D eigenvalue weighted by Crippen LogP contribution is -2.42. The van der Waals surface area contributed by atoms with Crippen LogP contribution in [0, 0.1) is 13.8 Å². The molecule has 140 valence electrons. The molecule has 26 heavy (non-hydrogen) atoms. The van der Waals surface area contributed by atoms with E-state index < -0.39 is 10.0 Å². The van der Waals surface area contributed by atoms with Crippen LogP contribution in [0.3, 0.4) is 0 Å². The lowest BCUT2D eigenvalue weighted by Gasteiger charge is -2.28. The SMILES string of the molecule is CCN(Cc1ccccc1)C(=O)CN(c1cccc(C)c1C)S(C)(=O)=O. The van der Waals surface area contributed by atoms with Gasteiger partial charge in [-0.3, -0.25) is 9.10 Å². The molecule has 0 heterocycles. The van der Waals surface area contributed by atoms with Crippen LogP contribution in [0.2, 0.25) is 0 Å². The van der Waals surface area contributed by atoms with Crippen LogP contribution in [0.1, 0.15) is 23.6 Å². The second-order valence-electron chi connectivity index (χ2n) is 6.38. The van der Waals surface area contributed by atoms with E-state index in [1.807, 2.05) is 63.2 Å². The zero-order valence-corrected chi connectivity index (χ0v) is 16.6. The molecule has 2 aromatic rings. The summed E-state index contributed by atoms with van der Waals surface area (Å²) in [6.45, 7) is 6.45. The third-order valence-corrected chi connectivity index (χ3v) is 5.60. The summed E-state index contributed by atoms with van der Waals surface area (Å²) in [5, 5.41) is 0. The van der Waals surface area contributed by atoms with Crippen LogP contribution in [-0.2, 0) is 21.4 Å². The second-order valence-corrected chi connectivity index (χ2v) is 8.29. The quantitative estimate of drug-likeness (QED) is 0.748. The lowest BCUT2D eigenvalue weighted by molar-refractivity contribution is -0.129. The molecule has 0 fully saturated rings. The van der Waals surface area contributed by atoms with Crippen molar-refractivity contribution < 1.29 is 13.2 Å². The van der Waals surface area contributed by atoms with E-state index in [1.165, 1.54) is 4.31 Å². The van der Waals surface area contributed by atoms with Gasteiger partial charge in [0, 0.05) is 13.1 Å². The van der Waals surface area contributed by atoms with Crippen molar-refractivity contribution in [2.24, 2.45) is 0 Å². The van der Waals surface area contributed by atoms with Crippen LogP contribution in [0.25, 0.3) is 0 Å². The van der Waals surface area contributed by atoms with Crippen LogP contribution in [0.15, 0.2) is 48.5 Å². The zero-order valence-electron chi connectivity index (χ0n) is 15.8. The highest BCUT2D eigenvalue weighted by Gasteiger charge is 2.25. The third-order valence-electron chi connectivity index (χ3n) is 4.47. The predicted molar refractivity (Wildman–Crippen MR) is 106 cm³/mol. The molecule has 1 amide bonds. The number of carbonyl (C=O) groups is 1. The normalized spacial score (nSPS) is 11.2. The van der Waals surface area contributed by atoms with Gasteiger partial charge in [-0.1, -0.05) is 42.5 Å². The Bertz CT molecular complexity index is 864. The Hall–Kier alpha value is -2.34. The summed E-state index contributed by atoms with van der Waals surface area (Å²) >= 11 is 0. The Balaban J connectivity index is 2.27. The Morgan fingerprint density at radius 2 is 1.65 bits per heavy atom. The monoisotopic (exact) mass is 374 g/mol. The smallest absolute Gasteiger partial charge is 0.243 e. The van der Waals surface area contributed by atoms with Crippen molar-refractivity contribution in [1.82, 2.24) is 4.90 Å². The molecular formula is C20H26N2O3S. The Labute approximate surface area is 156 Å². The van der Waals surface area contributed by atoms with Gasteiger partial charge in [0.1, 0.15) is 6.54 Å². The maximum Gasteiger partial charge on any atom is 0.243 e. The Morgan fingerprint density at radius 3 is 2.23 bits per heavy atom. The molecule has 5 nitrogen and oxygen atoms in total. The van der Waals surface area contributed by atoms with Crippen LogP contribution in [0.5, 0.6) is 0 Å². The minimum absolute atomic E-state index is 0.205. The number of benzene rings is 2. The number of amides is 1. The molecule has 0 aliphatic rings. The van der Waals surface area contributed by atoms with E-state index in [0.29, 0.717) is 18.8 Å². The highest BCUT2D eigenvalue weighted by atomic mass is 32.2. The maximum atomic E-state index is 12.8. The van der Waals surface area contributed by atoms with E-state index in [-0.39, 0.29) is 12.5 Å². The van der Waals surface area contributed by atoms with Gasteiger partial charge in [-0.2, -0.15) is 0 Å². The van der Waals surface area contributed by atoms with Gasteiger partial charge in [0.2, 0.25) is 15.9 Å². The van der Waals surface area contributed by atoms with Crippen LogP contribution in [0.4, 0.5) is 5.69 Å². The van der Waals surface area contributed by atoms with Gasteiger partial charge in [-0.25, -0.2) is 8.42 Å². The van der Waals surface area contributed by atoms with Crippen molar-refractivity contribution in [3.05, 3.63) is 65.2 Å². The molecule has 0 N–H and O–H groups in total. The number of nitrogens with zero attached hydrogens (tertiary/aromatic N) is 2. The number of sulfonamides is 1. The van der Waals surface area contributed by atoms with Gasteiger partial charge in [0.25, 0.3) is 0 Å². The molecule has 0 bridgehead atoms. The van der Waals surface area contributed by atoms with Crippen molar-refractivity contribution in [2.75, 3.05) is 23.7 Å². The molecule has 6 heteroatoms. The first-order valence-corrected chi connectivity index (χ1v) is 10.4. The largest absolute Gasteiger partial charge is 0.337 e. The molecule has 0 saturated carbocycles. The molecule has 0 unspecified atom stereocenters. The van der Waals surface area contributed by atoms with Crippen LogP contribution < -0.4 is 4.31 Å². The van der Waals surface area contributed by atoms with Crippen LogP contribution >= 0.6 is 0 Å². The van der Waals surface area contributed by atoms with Crippen molar-refractivity contribution in [3.63, 3.8) is 0 Å². The van der Waals surface area contributed by atoms with Gasteiger partial charge < -0.3 is 4.90 Å². The second kappa shape index (κ2) is 8.36. The summed E-state index contributed by atoms with van der Waals surface area (Å²) < 4.78 is 25.9. The number of hydrogen-bond donors (Lipinski definition) is 0. The maximum absolute atomic E-state index is 12.8. The average molecular weight is 375 g/mol. The number of likely N-dealkylation sites (N-methyl/N-ethyl adjacent to an activating group) is 1. The van der Waals surface area contributed by atoms with E-state index in [0.717, 1.165) is 22.9 Å². The number of carbonyl (C=O) groups excluding carboxylic acids is 1. The minimum Gasteiger partial charge on any atom is -0.337 e. The fourth-order valence-corrected chi connectivity index (χ4v) is 3.69. The molecule has 2 aromatic carbocycles. The third kappa shape index (κ3) is 4.85. The van der Waals surface area contributed by atoms with Gasteiger partial charge >= 0.3 is 0 Å². The minimum atomic E-state index is -3.58. The van der Waals surface area contributed by atoms with Crippen molar-refractivity contribution in [3.8, 4) is 0 Å². The van der Waals surface area contributed by atoms with Crippen LogP contribution in [-0.4, -0.2) is 38.6 Å². The van der Waals surface area contributed by atoms with Crippen molar-refractivity contribution in [1.29, 1.82) is 0 Å². The standard InChI is InChI=1S/C20H26N2O3S/c1-5-21(14-18-11-7-6-8-12-18)20(23)15-22(26(4,24)25)19-13-9-10-16(2)17(19)3/h6-13H,5,14-15H2,1-4H3. The molecular weight excluding hydrogens is 348 g/mol. The van der Waals surface area contributed by atoms with Gasteiger partial charge in [0.05, 0.1) is 11.9 Å². The Morgan fingerprint density at radius 1 is 1.00 bits per heavy atom. The lowest BCUT2D eigenvalue weighted by atomic mass is 10.1. The number of anilines is 1. The molecule has 0 aliphatic heterocycles. The fourth-order valence-electron chi connectivity index (χ4n) is 2.79. The molecule has 0 atom stereocenters. The van der Waals surface area contributed by atoms with Gasteiger partial charge in [0.15, 0.2) is 0 Å². The van der Waals surface area contributed by atoms with Crippen molar-refractivity contribution >= 4 is 21.6 Å². The van der Waals surface area contributed by atoms with E-state index in [1.54, 1.807) is 11.0 Å². The van der Waals surface area contributed by atoms with Gasteiger partial charge in [-0.05, 0) is 43.5 Å². The summed E-state index contributed by atoms with van der Waals surface area (Å²) in [5.74, 6) is -0.220. The average Bonchev–Trinajstić information content (AvgIpc) is 2.60. The Kier molecular flexibility index (Phi) is 6.42. The predicted octanol–water partition coefficient (Wildman–Crippen LogP) is 3.12. The first-order chi connectivity index (χ1) is 12.2. The van der Waals surface area contributed by atoms with E-state index >= 15 is 0 Å². The highest BCUT2D eigenvalue weighted by molar-refractivity contribution is 7.92. The van der Waals surface area contributed by atoms with Gasteiger partial charge in [-0.15, -0.1) is 0 Å². The number of hydrogen-bond acceptors (Lipinski definition) is 3. The molecule has 0 spiro atoms.